The van der Waals surface area contributed by atoms with Gasteiger partial charge in [0.15, 0.2) is 0 Å². The number of anilines is 1. The van der Waals surface area contributed by atoms with Crippen LogP contribution in [0.4, 0.5) is 5.69 Å². The molecule has 98 valence electrons. The first-order valence-corrected chi connectivity index (χ1v) is 7.48. The molecule has 3 nitrogen and oxygen atoms in total. The molecule has 0 bridgehead atoms. The zero-order valence-electron chi connectivity index (χ0n) is 11.0. The van der Waals surface area contributed by atoms with Gasteiger partial charge in [0.25, 0.3) is 5.91 Å². The Bertz CT molecular complexity index is 450. The van der Waals surface area contributed by atoms with Crippen molar-refractivity contribution in [3.05, 3.63) is 29.3 Å². The first-order valence-electron chi connectivity index (χ1n) is 6.26. The van der Waals surface area contributed by atoms with Crippen molar-refractivity contribution in [1.82, 2.24) is 5.32 Å². The number of amides is 1. The lowest BCUT2D eigenvalue weighted by molar-refractivity contribution is 0.0944. The number of rotatable bonds is 4. The summed E-state index contributed by atoms with van der Waals surface area (Å²) in [6, 6.07) is 5.55. The number of thioether (sulfide) groups is 1. The van der Waals surface area contributed by atoms with Crippen LogP contribution in [-0.4, -0.2) is 23.5 Å². The molecule has 0 unspecified atom stereocenters. The smallest absolute Gasteiger partial charge is 0.253 e. The number of nitrogen functional groups attached to an aromatic ring is 1. The molecule has 0 aliphatic heterocycles. The molecule has 0 spiro atoms. The summed E-state index contributed by atoms with van der Waals surface area (Å²) < 4.78 is 0.258. The number of nitrogens with one attached hydrogen (secondary N) is 1. The van der Waals surface area contributed by atoms with Crippen molar-refractivity contribution in [3.8, 4) is 0 Å². The van der Waals surface area contributed by atoms with E-state index in [-0.39, 0.29) is 10.7 Å². The minimum Gasteiger partial charge on any atom is -0.398 e. The van der Waals surface area contributed by atoms with E-state index in [1.165, 1.54) is 19.3 Å². The lowest BCUT2D eigenvalue weighted by atomic mass is 9.84. The van der Waals surface area contributed by atoms with E-state index < -0.39 is 0 Å². The molecule has 0 radical (unpaired) electrons. The molecule has 0 saturated heterocycles. The van der Waals surface area contributed by atoms with Gasteiger partial charge in [-0.1, -0.05) is 18.1 Å². The first-order chi connectivity index (χ1) is 8.56. The zero-order chi connectivity index (χ0) is 13.2. The molecule has 1 aromatic carbocycles. The van der Waals surface area contributed by atoms with E-state index in [0.717, 1.165) is 12.1 Å². The van der Waals surface area contributed by atoms with Crippen LogP contribution in [0.3, 0.4) is 0 Å². The Hall–Kier alpha value is -1.16. The van der Waals surface area contributed by atoms with E-state index in [0.29, 0.717) is 11.3 Å². The van der Waals surface area contributed by atoms with Crippen LogP contribution in [0.1, 0.15) is 35.2 Å². The molecular weight excluding hydrogens is 244 g/mol. The van der Waals surface area contributed by atoms with Crippen LogP contribution in [0.2, 0.25) is 0 Å². The van der Waals surface area contributed by atoms with Gasteiger partial charge in [-0.3, -0.25) is 4.79 Å². The summed E-state index contributed by atoms with van der Waals surface area (Å²) in [5, 5.41) is 3.02. The number of nitrogens with two attached hydrogens (primary N) is 1. The van der Waals surface area contributed by atoms with Crippen molar-refractivity contribution in [2.75, 3.05) is 18.5 Å². The Morgan fingerprint density at radius 1 is 1.50 bits per heavy atom. The molecule has 1 saturated carbocycles. The molecule has 1 aromatic rings. The molecule has 0 atom stereocenters. The lowest BCUT2D eigenvalue weighted by Crippen LogP contribution is -2.45. The zero-order valence-corrected chi connectivity index (χ0v) is 11.8. The summed E-state index contributed by atoms with van der Waals surface area (Å²) in [7, 11) is 0. The average molecular weight is 264 g/mol. The Morgan fingerprint density at radius 3 is 2.78 bits per heavy atom. The topological polar surface area (TPSA) is 55.1 Å². The van der Waals surface area contributed by atoms with Crippen molar-refractivity contribution in [2.45, 2.75) is 30.9 Å². The molecule has 3 N–H and O–H groups in total. The van der Waals surface area contributed by atoms with Gasteiger partial charge in [0, 0.05) is 17.0 Å². The molecule has 18 heavy (non-hydrogen) atoms. The van der Waals surface area contributed by atoms with Gasteiger partial charge in [-0.05, 0) is 38.2 Å². The second-order valence-corrected chi connectivity index (χ2v) is 6.29. The Labute approximate surface area is 113 Å². The number of carbonyl (C=O) groups is 1. The molecule has 0 aromatic heterocycles. The van der Waals surface area contributed by atoms with Gasteiger partial charge in [-0.15, -0.1) is 0 Å². The van der Waals surface area contributed by atoms with E-state index in [1.807, 2.05) is 30.8 Å². The van der Waals surface area contributed by atoms with Crippen molar-refractivity contribution in [3.63, 3.8) is 0 Å². The van der Waals surface area contributed by atoms with Crippen LogP contribution in [0.15, 0.2) is 18.2 Å². The Balaban J connectivity index is 2.01. The quantitative estimate of drug-likeness (QED) is 0.822. The number of benzene rings is 1. The Kier molecular flexibility index (Phi) is 3.85. The molecule has 1 aliphatic carbocycles. The number of aryl methyl sites for hydroxylation is 1. The largest absolute Gasteiger partial charge is 0.398 e. The highest BCUT2D eigenvalue weighted by atomic mass is 32.2. The highest BCUT2D eigenvalue weighted by Crippen LogP contribution is 2.42. The fourth-order valence-electron chi connectivity index (χ4n) is 2.23. The van der Waals surface area contributed by atoms with Crippen molar-refractivity contribution in [1.29, 1.82) is 0 Å². The summed E-state index contributed by atoms with van der Waals surface area (Å²) in [5.41, 5.74) is 8.03. The maximum absolute atomic E-state index is 12.1. The van der Waals surface area contributed by atoms with Crippen LogP contribution in [0.5, 0.6) is 0 Å². The first kappa shape index (κ1) is 13.3. The van der Waals surface area contributed by atoms with Gasteiger partial charge in [0.2, 0.25) is 0 Å². The highest BCUT2D eigenvalue weighted by molar-refractivity contribution is 8.00. The maximum Gasteiger partial charge on any atom is 0.253 e. The van der Waals surface area contributed by atoms with Gasteiger partial charge in [-0.25, -0.2) is 0 Å². The van der Waals surface area contributed by atoms with E-state index in [4.69, 9.17) is 5.73 Å². The van der Waals surface area contributed by atoms with Crippen LogP contribution in [0.25, 0.3) is 0 Å². The van der Waals surface area contributed by atoms with Gasteiger partial charge in [-0.2, -0.15) is 11.8 Å². The van der Waals surface area contributed by atoms with Crippen LogP contribution in [-0.2, 0) is 0 Å². The molecule has 4 heteroatoms. The maximum atomic E-state index is 12.1. The minimum atomic E-state index is -0.0588. The molecule has 2 rings (SSSR count). The molecular formula is C14H20N2OS. The fraction of sp³-hybridized carbons (Fsp3) is 0.500. The minimum absolute atomic E-state index is 0.0588. The van der Waals surface area contributed by atoms with E-state index in [9.17, 15) is 4.79 Å². The Morgan fingerprint density at radius 2 is 2.22 bits per heavy atom. The second kappa shape index (κ2) is 5.22. The third-order valence-electron chi connectivity index (χ3n) is 3.72. The SMILES string of the molecule is CSC1(CNC(=O)c2cc(C)ccc2N)CCC1. The van der Waals surface area contributed by atoms with Crippen LogP contribution < -0.4 is 11.1 Å². The van der Waals surface area contributed by atoms with Gasteiger partial charge in [0.05, 0.1) is 5.56 Å². The molecule has 1 fully saturated rings. The van der Waals surface area contributed by atoms with Gasteiger partial charge < -0.3 is 11.1 Å². The summed E-state index contributed by atoms with van der Waals surface area (Å²) >= 11 is 1.86. The fourth-order valence-corrected chi connectivity index (χ4v) is 3.14. The lowest BCUT2D eigenvalue weighted by Gasteiger charge is -2.40. The van der Waals surface area contributed by atoms with Gasteiger partial charge in [0.1, 0.15) is 0 Å². The van der Waals surface area contributed by atoms with E-state index in [1.54, 1.807) is 6.07 Å². The highest BCUT2D eigenvalue weighted by Gasteiger charge is 2.36. The predicted molar refractivity (Wildman–Crippen MR) is 78.0 cm³/mol. The summed E-state index contributed by atoms with van der Waals surface area (Å²) in [5.74, 6) is -0.0588. The van der Waals surface area contributed by atoms with Crippen LogP contribution >= 0.6 is 11.8 Å². The van der Waals surface area contributed by atoms with Crippen LogP contribution in [0, 0.1) is 6.92 Å². The normalized spacial score (nSPS) is 17.0. The van der Waals surface area contributed by atoms with E-state index >= 15 is 0 Å². The second-order valence-electron chi connectivity index (χ2n) is 5.01. The standard InChI is InChI=1S/C14H20N2OS/c1-10-4-5-12(15)11(8-10)13(17)16-9-14(18-2)6-3-7-14/h4-5,8H,3,6-7,9,15H2,1-2H3,(H,16,17). The number of hydrogen-bond donors (Lipinski definition) is 2. The number of hydrogen-bond acceptors (Lipinski definition) is 3. The summed E-state index contributed by atoms with van der Waals surface area (Å²) in [6.45, 7) is 2.70. The third-order valence-corrected chi connectivity index (χ3v) is 5.14. The molecule has 0 heterocycles. The van der Waals surface area contributed by atoms with Gasteiger partial charge >= 0.3 is 0 Å². The van der Waals surface area contributed by atoms with E-state index in [2.05, 4.69) is 11.6 Å². The molecule has 1 amide bonds. The average Bonchev–Trinajstić information content (AvgIpc) is 2.31. The third kappa shape index (κ3) is 2.64. The predicted octanol–water partition coefficient (Wildman–Crippen LogP) is 2.59. The van der Waals surface area contributed by atoms with Crippen molar-refractivity contribution in [2.24, 2.45) is 0 Å². The molecule has 1 aliphatic rings. The van der Waals surface area contributed by atoms with Crippen molar-refractivity contribution < 1.29 is 4.79 Å². The summed E-state index contributed by atoms with van der Waals surface area (Å²) in [4.78, 5) is 12.1. The summed E-state index contributed by atoms with van der Waals surface area (Å²) in [6.07, 6.45) is 5.77. The van der Waals surface area contributed by atoms with Crippen molar-refractivity contribution >= 4 is 23.4 Å². The number of carbonyl (C=O) groups excluding carboxylic acids is 1. The monoisotopic (exact) mass is 264 g/mol.